The van der Waals surface area contributed by atoms with Crippen LogP contribution in [0.4, 0.5) is 0 Å². The number of halogens is 1. The van der Waals surface area contributed by atoms with Gasteiger partial charge in [-0.3, -0.25) is 0 Å². The van der Waals surface area contributed by atoms with Gasteiger partial charge < -0.3 is 5.11 Å². The van der Waals surface area contributed by atoms with Crippen molar-refractivity contribution in [2.45, 2.75) is 46.0 Å². The van der Waals surface area contributed by atoms with E-state index in [2.05, 4.69) is 13.8 Å². The Morgan fingerprint density at radius 2 is 2.07 bits per heavy atom. The van der Waals surface area contributed by atoms with Gasteiger partial charge in [0.1, 0.15) is 5.75 Å². The molecule has 84 valence electrons. The average Bonchev–Trinajstić information content (AvgIpc) is 2.20. The molecule has 0 fully saturated rings. The van der Waals surface area contributed by atoms with Gasteiger partial charge >= 0.3 is 0 Å². The van der Waals surface area contributed by atoms with Crippen LogP contribution in [0.2, 0.25) is 5.02 Å². The first-order valence-electron chi connectivity index (χ1n) is 5.55. The number of aromatic hydroxyl groups is 1. The highest BCUT2D eigenvalue weighted by Gasteiger charge is 2.11. The Morgan fingerprint density at radius 1 is 1.40 bits per heavy atom. The van der Waals surface area contributed by atoms with Crippen LogP contribution in [-0.4, -0.2) is 5.11 Å². The number of unbranched alkanes of at least 4 members (excludes halogenated alkanes) is 1. The fourth-order valence-electron chi connectivity index (χ4n) is 1.88. The van der Waals surface area contributed by atoms with Gasteiger partial charge in [-0.1, -0.05) is 38.3 Å². The lowest BCUT2D eigenvalue weighted by atomic mass is 9.92. The summed E-state index contributed by atoms with van der Waals surface area (Å²) in [5, 5.41) is 9.91. The van der Waals surface area contributed by atoms with Crippen LogP contribution in [0, 0.1) is 6.92 Å². The van der Waals surface area contributed by atoms with E-state index in [1.807, 2.05) is 13.0 Å². The molecule has 1 aromatic rings. The second-order valence-electron chi connectivity index (χ2n) is 4.20. The normalized spacial score (nSPS) is 12.8. The van der Waals surface area contributed by atoms with E-state index < -0.39 is 0 Å². The van der Waals surface area contributed by atoms with Crippen molar-refractivity contribution in [3.63, 3.8) is 0 Å². The molecule has 0 spiro atoms. The zero-order valence-corrected chi connectivity index (χ0v) is 10.4. The molecule has 1 nitrogen and oxygen atoms in total. The van der Waals surface area contributed by atoms with Crippen LogP contribution in [0.5, 0.6) is 5.75 Å². The van der Waals surface area contributed by atoms with Crippen molar-refractivity contribution in [2.24, 2.45) is 0 Å². The third-order valence-electron chi connectivity index (χ3n) is 2.86. The van der Waals surface area contributed by atoms with E-state index in [-0.39, 0.29) is 5.75 Å². The summed E-state index contributed by atoms with van der Waals surface area (Å²) >= 11 is 5.91. The van der Waals surface area contributed by atoms with Crippen molar-refractivity contribution in [1.82, 2.24) is 0 Å². The van der Waals surface area contributed by atoms with Crippen LogP contribution in [-0.2, 0) is 0 Å². The van der Waals surface area contributed by atoms with Crippen LogP contribution < -0.4 is 0 Å². The molecule has 0 aliphatic rings. The van der Waals surface area contributed by atoms with Crippen LogP contribution in [0.3, 0.4) is 0 Å². The zero-order valence-electron chi connectivity index (χ0n) is 9.68. The lowest BCUT2D eigenvalue weighted by Crippen LogP contribution is -1.96. The largest absolute Gasteiger partial charge is 0.506 e. The van der Waals surface area contributed by atoms with Gasteiger partial charge in [-0.25, -0.2) is 0 Å². The SMILES string of the molecule is CCCCC(C)c1cc(Cl)c(O)cc1C. The molecule has 0 amide bonds. The molecule has 0 bridgehead atoms. The first-order chi connectivity index (χ1) is 7.06. The van der Waals surface area contributed by atoms with Crippen LogP contribution in [0.25, 0.3) is 0 Å². The third kappa shape index (κ3) is 3.13. The maximum Gasteiger partial charge on any atom is 0.134 e. The molecule has 15 heavy (non-hydrogen) atoms. The smallest absolute Gasteiger partial charge is 0.134 e. The molecule has 0 radical (unpaired) electrons. The molecule has 1 rings (SSSR count). The number of phenols is 1. The number of aryl methyl sites for hydroxylation is 1. The summed E-state index contributed by atoms with van der Waals surface area (Å²) in [6.07, 6.45) is 3.63. The van der Waals surface area contributed by atoms with Crippen molar-refractivity contribution < 1.29 is 5.11 Å². The number of benzene rings is 1. The zero-order chi connectivity index (χ0) is 11.4. The lowest BCUT2D eigenvalue weighted by molar-refractivity contribution is 0.474. The predicted octanol–water partition coefficient (Wildman–Crippen LogP) is 4.65. The van der Waals surface area contributed by atoms with Crippen molar-refractivity contribution in [3.8, 4) is 5.75 Å². The highest BCUT2D eigenvalue weighted by Crippen LogP contribution is 2.32. The molecule has 0 heterocycles. The van der Waals surface area contributed by atoms with Crippen LogP contribution >= 0.6 is 11.6 Å². The molecule has 1 atom stereocenters. The minimum atomic E-state index is 0.181. The Labute approximate surface area is 97.1 Å². The third-order valence-corrected chi connectivity index (χ3v) is 3.16. The van der Waals surface area contributed by atoms with Gasteiger partial charge in [0.05, 0.1) is 5.02 Å². The fourth-order valence-corrected chi connectivity index (χ4v) is 2.05. The lowest BCUT2D eigenvalue weighted by Gasteiger charge is -2.15. The maximum absolute atomic E-state index is 9.45. The highest BCUT2D eigenvalue weighted by atomic mass is 35.5. The minimum absolute atomic E-state index is 0.181. The topological polar surface area (TPSA) is 20.2 Å². The number of hydrogen-bond donors (Lipinski definition) is 1. The average molecular weight is 227 g/mol. The molecule has 0 aliphatic carbocycles. The van der Waals surface area contributed by atoms with Gasteiger partial charge in [0.25, 0.3) is 0 Å². The molecule has 0 aromatic heterocycles. The molecular formula is C13H19ClO. The van der Waals surface area contributed by atoms with E-state index in [0.29, 0.717) is 10.9 Å². The molecule has 0 saturated carbocycles. The molecule has 0 aliphatic heterocycles. The second-order valence-corrected chi connectivity index (χ2v) is 4.61. The van der Waals surface area contributed by atoms with Crippen LogP contribution in [0.1, 0.15) is 50.2 Å². The summed E-state index contributed by atoms with van der Waals surface area (Å²) in [6.45, 7) is 6.43. The molecule has 1 N–H and O–H groups in total. The van der Waals surface area contributed by atoms with Crippen LogP contribution in [0.15, 0.2) is 12.1 Å². The van der Waals surface area contributed by atoms with Crippen molar-refractivity contribution >= 4 is 11.6 Å². The molecule has 1 aromatic carbocycles. The minimum Gasteiger partial charge on any atom is -0.506 e. The summed E-state index contributed by atoms with van der Waals surface area (Å²) < 4.78 is 0. The first kappa shape index (κ1) is 12.4. The Kier molecular flexibility index (Phi) is 4.46. The quantitative estimate of drug-likeness (QED) is 0.793. The number of hydrogen-bond acceptors (Lipinski definition) is 1. The summed E-state index contributed by atoms with van der Waals surface area (Å²) in [6, 6.07) is 3.65. The number of rotatable bonds is 4. The standard InChI is InChI=1S/C13H19ClO/c1-4-5-6-9(2)11-8-12(14)13(15)7-10(11)3/h7-9,15H,4-6H2,1-3H3. The first-order valence-corrected chi connectivity index (χ1v) is 5.93. The predicted molar refractivity (Wildman–Crippen MR) is 65.8 cm³/mol. The summed E-state index contributed by atoms with van der Waals surface area (Å²) in [5.74, 6) is 0.698. The summed E-state index contributed by atoms with van der Waals surface area (Å²) in [7, 11) is 0. The number of phenolic OH excluding ortho intramolecular Hbond substituents is 1. The van der Waals surface area contributed by atoms with E-state index in [4.69, 9.17) is 11.6 Å². The second kappa shape index (κ2) is 5.41. The van der Waals surface area contributed by atoms with Gasteiger partial charge in [-0.2, -0.15) is 0 Å². The molecule has 2 heteroatoms. The monoisotopic (exact) mass is 226 g/mol. The molecular weight excluding hydrogens is 208 g/mol. The Hall–Kier alpha value is -0.690. The fraction of sp³-hybridized carbons (Fsp3) is 0.538. The van der Waals surface area contributed by atoms with Crippen molar-refractivity contribution in [1.29, 1.82) is 0 Å². The van der Waals surface area contributed by atoms with Gasteiger partial charge in [-0.15, -0.1) is 0 Å². The van der Waals surface area contributed by atoms with Gasteiger partial charge in [0, 0.05) is 0 Å². The Morgan fingerprint density at radius 3 is 2.67 bits per heavy atom. The maximum atomic E-state index is 9.45. The Balaban J connectivity index is 2.88. The van der Waals surface area contributed by atoms with Crippen molar-refractivity contribution in [2.75, 3.05) is 0 Å². The highest BCUT2D eigenvalue weighted by molar-refractivity contribution is 6.32. The summed E-state index contributed by atoms with van der Waals surface area (Å²) in [5.41, 5.74) is 2.38. The van der Waals surface area contributed by atoms with E-state index in [0.717, 1.165) is 5.56 Å². The Bertz CT molecular complexity index is 334. The van der Waals surface area contributed by atoms with E-state index in [1.165, 1.54) is 24.8 Å². The van der Waals surface area contributed by atoms with Gasteiger partial charge in [-0.05, 0) is 42.5 Å². The van der Waals surface area contributed by atoms with E-state index >= 15 is 0 Å². The van der Waals surface area contributed by atoms with E-state index in [1.54, 1.807) is 6.07 Å². The van der Waals surface area contributed by atoms with Crippen molar-refractivity contribution in [3.05, 3.63) is 28.3 Å². The molecule has 1 unspecified atom stereocenters. The van der Waals surface area contributed by atoms with Gasteiger partial charge in [0.15, 0.2) is 0 Å². The molecule has 0 saturated heterocycles. The summed E-state index contributed by atoms with van der Waals surface area (Å²) in [4.78, 5) is 0. The van der Waals surface area contributed by atoms with Gasteiger partial charge in [0.2, 0.25) is 0 Å². The van der Waals surface area contributed by atoms with E-state index in [9.17, 15) is 5.11 Å².